The number of piperidine rings is 1. The minimum Gasteiger partial charge on any atom is -0.493 e. The van der Waals surface area contributed by atoms with Crippen LogP contribution in [0.1, 0.15) is 47.1 Å². The molecule has 1 saturated heterocycles. The zero-order chi connectivity index (χ0) is 20.1. The fourth-order valence-corrected chi connectivity index (χ4v) is 3.39. The number of hydrogen-bond donors (Lipinski definition) is 0. The number of aryl methyl sites for hydroxylation is 2. The first kappa shape index (κ1) is 20.2. The van der Waals surface area contributed by atoms with Crippen molar-refractivity contribution in [3.8, 4) is 11.5 Å². The van der Waals surface area contributed by atoms with Gasteiger partial charge in [0.2, 0.25) is 0 Å². The third kappa shape index (κ3) is 4.65. The van der Waals surface area contributed by atoms with Crippen molar-refractivity contribution in [3.05, 3.63) is 40.8 Å². The lowest BCUT2D eigenvalue weighted by atomic mass is 10.1. The largest absolute Gasteiger partial charge is 0.493 e. The van der Waals surface area contributed by atoms with Crippen molar-refractivity contribution in [2.24, 2.45) is 0 Å². The summed E-state index contributed by atoms with van der Waals surface area (Å²) in [5.41, 5.74) is 2.16. The van der Waals surface area contributed by atoms with E-state index in [-0.39, 0.29) is 12.1 Å². The molecule has 1 aliphatic heterocycles. The van der Waals surface area contributed by atoms with Gasteiger partial charge in [0.15, 0.2) is 11.5 Å². The molecule has 152 valence electrons. The van der Waals surface area contributed by atoms with Gasteiger partial charge in [0.1, 0.15) is 18.5 Å². The van der Waals surface area contributed by atoms with E-state index in [2.05, 4.69) is 17.0 Å². The van der Waals surface area contributed by atoms with E-state index >= 15 is 0 Å². The highest BCUT2D eigenvalue weighted by molar-refractivity contribution is 5.90. The Balaban J connectivity index is 1.66. The van der Waals surface area contributed by atoms with Crippen LogP contribution < -0.4 is 9.47 Å². The molecule has 3 rings (SSSR count). The normalized spacial score (nSPS) is 17.4. The standard InChI is InChI=1S/C21H28N2O5/c1-5-23-10-6-7-17(12-23)27-21(24)16-8-9-19(20(11-16)25-4)26-13-18-14(2)22-28-15(18)3/h8-9,11,17H,5-7,10,12-13H2,1-4H3. The first-order chi connectivity index (χ1) is 13.5. The summed E-state index contributed by atoms with van der Waals surface area (Å²) in [5.74, 6) is 1.43. The molecule has 1 aromatic carbocycles. The zero-order valence-electron chi connectivity index (χ0n) is 17.0. The van der Waals surface area contributed by atoms with Crippen LogP contribution in [0.25, 0.3) is 0 Å². The van der Waals surface area contributed by atoms with E-state index in [0.29, 0.717) is 23.7 Å². The van der Waals surface area contributed by atoms with E-state index in [4.69, 9.17) is 18.7 Å². The van der Waals surface area contributed by atoms with Gasteiger partial charge in [-0.25, -0.2) is 4.79 Å². The van der Waals surface area contributed by atoms with Crippen LogP contribution in [0.15, 0.2) is 22.7 Å². The van der Waals surface area contributed by atoms with Crippen molar-refractivity contribution in [3.63, 3.8) is 0 Å². The molecule has 0 saturated carbocycles. The second kappa shape index (κ2) is 9.10. The first-order valence-corrected chi connectivity index (χ1v) is 9.67. The second-order valence-corrected chi connectivity index (χ2v) is 7.02. The minimum absolute atomic E-state index is 0.0670. The number of hydrogen-bond acceptors (Lipinski definition) is 7. The molecule has 1 aromatic heterocycles. The third-order valence-electron chi connectivity index (χ3n) is 5.14. The summed E-state index contributed by atoms with van der Waals surface area (Å²) in [6.45, 7) is 8.98. The Bertz CT molecular complexity index is 798. The van der Waals surface area contributed by atoms with E-state index in [0.717, 1.165) is 49.5 Å². The Labute approximate surface area is 165 Å². The van der Waals surface area contributed by atoms with Gasteiger partial charge in [-0.1, -0.05) is 12.1 Å². The van der Waals surface area contributed by atoms with Gasteiger partial charge in [0.05, 0.1) is 23.9 Å². The number of carbonyl (C=O) groups is 1. The van der Waals surface area contributed by atoms with E-state index in [9.17, 15) is 4.79 Å². The number of esters is 1. The molecular formula is C21H28N2O5. The highest BCUT2D eigenvalue weighted by Crippen LogP contribution is 2.30. The van der Waals surface area contributed by atoms with Crippen molar-refractivity contribution in [2.75, 3.05) is 26.7 Å². The molecule has 0 radical (unpaired) electrons. The topological polar surface area (TPSA) is 74.0 Å². The molecule has 0 aliphatic carbocycles. The maximum absolute atomic E-state index is 12.6. The molecule has 2 heterocycles. The van der Waals surface area contributed by atoms with Crippen LogP contribution in [0.2, 0.25) is 0 Å². The van der Waals surface area contributed by atoms with Gasteiger partial charge in [-0.05, 0) is 58.0 Å². The number of likely N-dealkylation sites (tertiary alicyclic amines) is 1. The van der Waals surface area contributed by atoms with Gasteiger partial charge in [0.25, 0.3) is 0 Å². The van der Waals surface area contributed by atoms with Crippen LogP contribution in [0, 0.1) is 13.8 Å². The summed E-state index contributed by atoms with van der Waals surface area (Å²) in [6, 6.07) is 5.09. The monoisotopic (exact) mass is 388 g/mol. The lowest BCUT2D eigenvalue weighted by molar-refractivity contribution is 0.00771. The summed E-state index contributed by atoms with van der Waals surface area (Å²) in [7, 11) is 1.55. The van der Waals surface area contributed by atoms with Gasteiger partial charge in [0, 0.05) is 6.54 Å². The lowest BCUT2D eigenvalue weighted by Crippen LogP contribution is -2.40. The number of carbonyl (C=O) groups excluding carboxylic acids is 1. The number of nitrogens with zero attached hydrogens (tertiary/aromatic N) is 2. The molecule has 28 heavy (non-hydrogen) atoms. The van der Waals surface area contributed by atoms with Crippen LogP contribution in [0.3, 0.4) is 0 Å². The predicted molar refractivity (Wildman–Crippen MR) is 104 cm³/mol. The average molecular weight is 388 g/mol. The Morgan fingerprint density at radius 3 is 2.82 bits per heavy atom. The third-order valence-corrected chi connectivity index (χ3v) is 5.14. The van der Waals surface area contributed by atoms with Crippen molar-refractivity contribution in [1.29, 1.82) is 0 Å². The van der Waals surface area contributed by atoms with E-state index in [1.165, 1.54) is 0 Å². The first-order valence-electron chi connectivity index (χ1n) is 9.67. The number of ether oxygens (including phenoxy) is 3. The van der Waals surface area contributed by atoms with Crippen molar-refractivity contribution >= 4 is 5.97 Å². The van der Waals surface area contributed by atoms with E-state index in [1.807, 2.05) is 13.8 Å². The fraction of sp³-hybridized carbons (Fsp3) is 0.524. The summed E-state index contributed by atoms with van der Waals surface area (Å²) in [6.07, 6.45) is 1.88. The van der Waals surface area contributed by atoms with Gasteiger partial charge in [-0.3, -0.25) is 4.90 Å². The van der Waals surface area contributed by atoms with Crippen molar-refractivity contribution in [1.82, 2.24) is 10.1 Å². The molecule has 0 N–H and O–H groups in total. The molecule has 1 aliphatic rings. The van der Waals surface area contributed by atoms with Crippen LogP contribution in [-0.4, -0.2) is 48.9 Å². The quantitative estimate of drug-likeness (QED) is 0.672. The molecule has 0 spiro atoms. The van der Waals surface area contributed by atoms with Gasteiger partial charge >= 0.3 is 5.97 Å². The van der Waals surface area contributed by atoms with Crippen molar-refractivity contribution in [2.45, 2.75) is 46.3 Å². The Kier molecular flexibility index (Phi) is 6.57. The number of likely N-dealkylation sites (N-methyl/N-ethyl adjacent to an activating group) is 1. The molecule has 1 unspecified atom stereocenters. The summed E-state index contributed by atoms with van der Waals surface area (Å²) in [5, 5.41) is 3.92. The predicted octanol–water partition coefficient (Wildman–Crippen LogP) is 3.52. The lowest BCUT2D eigenvalue weighted by Gasteiger charge is -2.31. The van der Waals surface area contributed by atoms with Crippen LogP contribution >= 0.6 is 0 Å². The zero-order valence-corrected chi connectivity index (χ0v) is 17.0. The second-order valence-electron chi connectivity index (χ2n) is 7.02. The number of aromatic nitrogens is 1. The fourth-order valence-electron chi connectivity index (χ4n) is 3.39. The molecule has 7 heteroatoms. The Morgan fingerprint density at radius 1 is 1.32 bits per heavy atom. The average Bonchev–Trinajstić information content (AvgIpc) is 3.03. The molecule has 0 amide bonds. The summed E-state index contributed by atoms with van der Waals surface area (Å²) in [4.78, 5) is 14.9. The Hall–Kier alpha value is -2.54. The smallest absolute Gasteiger partial charge is 0.338 e. The van der Waals surface area contributed by atoms with Crippen LogP contribution in [-0.2, 0) is 11.3 Å². The van der Waals surface area contributed by atoms with Crippen LogP contribution in [0.4, 0.5) is 0 Å². The van der Waals surface area contributed by atoms with E-state index in [1.54, 1.807) is 25.3 Å². The van der Waals surface area contributed by atoms with Gasteiger partial charge < -0.3 is 18.7 Å². The molecule has 1 atom stereocenters. The number of benzene rings is 1. The maximum atomic E-state index is 12.6. The van der Waals surface area contributed by atoms with E-state index < -0.39 is 0 Å². The van der Waals surface area contributed by atoms with Gasteiger partial charge in [-0.2, -0.15) is 0 Å². The molecule has 2 aromatic rings. The number of rotatable bonds is 7. The molecule has 7 nitrogen and oxygen atoms in total. The Morgan fingerprint density at radius 2 is 2.14 bits per heavy atom. The SMILES string of the molecule is CCN1CCCC(OC(=O)c2ccc(OCc3c(C)noc3C)c(OC)c2)C1. The van der Waals surface area contributed by atoms with Crippen LogP contribution in [0.5, 0.6) is 11.5 Å². The highest BCUT2D eigenvalue weighted by Gasteiger charge is 2.23. The molecule has 1 fully saturated rings. The van der Waals surface area contributed by atoms with Crippen molar-refractivity contribution < 1.29 is 23.5 Å². The number of methoxy groups -OCH3 is 1. The maximum Gasteiger partial charge on any atom is 0.338 e. The molecule has 0 bridgehead atoms. The summed E-state index contributed by atoms with van der Waals surface area (Å²) < 4.78 is 22.1. The summed E-state index contributed by atoms with van der Waals surface area (Å²) >= 11 is 0. The molecular weight excluding hydrogens is 360 g/mol. The minimum atomic E-state index is -0.335. The highest BCUT2D eigenvalue weighted by atomic mass is 16.5. The van der Waals surface area contributed by atoms with Gasteiger partial charge in [-0.15, -0.1) is 0 Å².